The summed E-state index contributed by atoms with van der Waals surface area (Å²) in [6.07, 6.45) is 1.03. The fraction of sp³-hybridized carbons (Fsp3) is 0.625. The molecule has 0 bridgehead atoms. The lowest BCUT2D eigenvalue weighted by Gasteiger charge is -2.16. The number of nitrogens with one attached hydrogen (secondary N) is 1. The van der Waals surface area contributed by atoms with Gasteiger partial charge in [-0.15, -0.1) is 0 Å². The minimum atomic E-state index is 0.333. The fourth-order valence-corrected chi connectivity index (χ4v) is 1.79. The van der Waals surface area contributed by atoms with Crippen LogP contribution in [-0.4, -0.2) is 26.9 Å². The van der Waals surface area contributed by atoms with Crippen molar-refractivity contribution in [3.8, 4) is 5.75 Å². The normalized spacial score (nSPS) is 12.7. The molecule has 0 radical (unpaired) electrons. The number of rotatable bonds is 9. The molecule has 1 atom stereocenters. The van der Waals surface area contributed by atoms with Gasteiger partial charge in [0.1, 0.15) is 5.75 Å². The first kappa shape index (κ1) is 16.0. The number of hydrogen-bond donors (Lipinski definition) is 1. The second kappa shape index (κ2) is 8.94. The van der Waals surface area contributed by atoms with Crippen LogP contribution in [0.15, 0.2) is 24.3 Å². The lowest BCUT2D eigenvalue weighted by molar-refractivity contribution is 0.193. The van der Waals surface area contributed by atoms with Crippen molar-refractivity contribution in [1.29, 1.82) is 0 Å². The Balaban J connectivity index is 2.45. The monoisotopic (exact) mass is 265 g/mol. The number of methoxy groups -OCH3 is 1. The Morgan fingerprint density at radius 2 is 2.00 bits per heavy atom. The van der Waals surface area contributed by atoms with Gasteiger partial charge in [0.25, 0.3) is 0 Å². The Bertz CT molecular complexity index is 352. The average molecular weight is 265 g/mol. The molecule has 19 heavy (non-hydrogen) atoms. The molecular weight excluding hydrogens is 238 g/mol. The molecule has 1 rings (SSSR count). The van der Waals surface area contributed by atoms with Gasteiger partial charge in [-0.25, -0.2) is 0 Å². The fourth-order valence-electron chi connectivity index (χ4n) is 1.79. The maximum absolute atomic E-state index is 5.75. The van der Waals surface area contributed by atoms with E-state index in [0.29, 0.717) is 12.0 Å². The van der Waals surface area contributed by atoms with Crippen LogP contribution in [0.3, 0.4) is 0 Å². The molecule has 0 heterocycles. The summed E-state index contributed by atoms with van der Waals surface area (Å²) in [4.78, 5) is 0. The van der Waals surface area contributed by atoms with Gasteiger partial charge < -0.3 is 14.8 Å². The zero-order chi connectivity index (χ0) is 14.1. The van der Waals surface area contributed by atoms with Crippen LogP contribution in [0.25, 0.3) is 0 Å². The summed E-state index contributed by atoms with van der Waals surface area (Å²) in [5, 5.41) is 3.49. The highest BCUT2D eigenvalue weighted by Gasteiger charge is 2.06. The molecule has 0 aliphatic heterocycles. The highest BCUT2D eigenvalue weighted by atomic mass is 16.5. The summed E-state index contributed by atoms with van der Waals surface area (Å²) in [5.41, 5.74) is 1.26. The average Bonchev–Trinajstić information content (AvgIpc) is 2.41. The van der Waals surface area contributed by atoms with Crippen molar-refractivity contribution in [2.75, 3.05) is 26.9 Å². The van der Waals surface area contributed by atoms with Crippen LogP contribution in [0.4, 0.5) is 0 Å². The van der Waals surface area contributed by atoms with E-state index in [1.165, 1.54) is 5.56 Å². The molecule has 0 saturated carbocycles. The van der Waals surface area contributed by atoms with Gasteiger partial charge in [0.15, 0.2) is 0 Å². The summed E-state index contributed by atoms with van der Waals surface area (Å²) < 4.78 is 10.8. The van der Waals surface area contributed by atoms with Crippen molar-refractivity contribution >= 4 is 0 Å². The second-order valence-corrected chi connectivity index (χ2v) is 5.30. The molecule has 0 aliphatic carbocycles. The molecule has 0 saturated heterocycles. The highest BCUT2D eigenvalue weighted by molar-refractivity contribution is 5.30. The Morgan fingerprint density at radius 1 is 1.21 bits per heavy atom. The summed E-state index contributed by atoms with van der Waals surface area (Å²) in [7, 11) is 1.74. The SMILES string of the molecule is COCCCN[C@@H](C)c1cccc(OCC(C)C)c1. The maximum Gasteiger partial charge on any atom is 0.119 e. The van der Waals surface area contributed by atoms with Crippen molar-refractivity contribution in [1.82, 2.24) is 5.32 Å². The Labute approximate surface area is 117 Å². The van der Waals surface area contributed by atoms with E-state index in [2.05, 4.69) is 44.3 Å². The van der Waals surface area contributed by atoms with Crippen molar-refractivity contribution < 1.29 is 9.47 Å². The lowest BCUT2D eigenvalue weighted by Crippen LogP contribution is -2.20. The van der Waals surface area contributed by atoms with E-state index in [9.17, 15) is 0 Å². The molecule has 0 aliphatic rings. The first-order chi connectivity index (χ1) is 9.13. The van der Waals surface area contributed by atoms with Crippen molar-refractivity contribution in [3.63, 3.8) is 0 Å². The van der Waals surface area contributed by atoms with Gasteiger partial charge in [0.05, 0.1) is 6.61 Å². The van der Waals surface area contributed by atoms with Gasteiger partial charge in [-0.05, 0) is 43.5 Å². The van der Waals surface area contributed by atoms with Gasteiger partial charge in [-0.3, -0.25) is 0 Å². The smallest absolute Gasteiger partial charge is 0.119 e. The van der Waals surface area contributed by atoms with Crippen LogP contribution < -0.4 is 10.1 Å². The summed E-state index contributed by atoms with van der Waals surface area (Å²) in [5.74, 6) is 1.50. The first-order valence-corrected chi connectivity index (χ1v) is 7.08. The quantitative estimate of drug-likeness (QED) is 0.694. The van der Waals surface area contributed by atoms with Gasteiger partial charge in [0.2, 0.25) is 0 Å². The molecule has 3 nitrogen and oxygen atoms in total. The Morgan fingerprint density at radius 3 is 2.68 bits per heavy atom. The number of hydrogen-bond acceptors (Lipinski definition) is 3. The van der Waals surface area contributed by atoms with Crippen molar-refractivity contribution in [3.05, 3.63) is 29.8 Å². The molecule has 0 unspecified atom stereocenters. The van der Waals surface area contributed by atoms with E-state index >= 15 is 0 Å². The summed E-state index contributed by atoms with van der Waals surface area (Å²) in [6, 6.07) is 8.66. The molecule has 1 aromatic carbocycles. The molecule has 1 aromatic rings. The largest absolute Gasteiger partial charge is 0.493 e. The van der Waals surface area contributed by atoms with Crippen molar-refractivity contribution in [2.45, 2.75) is 33.2 Å². The maximum atomic E-state index is 5.75. The molecule has 1 N–H and O–H groups in total. The van der Waals surface area contributed by atoms with Crippen molar-refractivity contribution in [2.24, 2.45) is 5.92 Å². The standard InChI is InChI=1S/C16H27NO2/c1-13(2)12-19-16-8-5-7-15(11-16)14(3)17-9-6-10-18-4/h5,7-8,11,13-14,17H,6,9-10,12H2,1-4H3/t14-/m0/s1. The van der Waals surface area contributed by atoms with Crippen LogP contribution in [0, 0.1) is 5.92 Å². The van der Waals surface area contributed by atoms with Crippen LogP contribution in [0.2, 0.25) is 0 Å². The minimum absolute atomic E-state index is 0.333. The zero-order valence-electron chi connectivity index (χ0n) is 12.6. The number of benzene rings is 1. The third-order valence-electron chi connectivity index (χ3n) is 2.92. The van der Waals surface area contributed by atoms with E-state index in [0.717, 1.165) is 31.9 Å². The third kappa shape index (κ3) is 6.60. The van der Waals surface area contributed by atoms with E-state index in [1.807, 2.05) is 6.07 Å². The predicted octanol–water partition coefficient (Wildman–Crippen LogP) is 3.41. The first-order valence-electron chi connectivity index (χ1n) is 7.08. The molecule has 0 aromatic heterocycles. The van der Waals surface area contributed by atoms with Crippen LogP contribution in [0.1, 0.15) is 38.8 Å². The minimum Gasteiger partial charge on any atom is -0.493 e. The van der Waals surface area contributed by atoms with E-state index in [-0.39, 0.29) is 0 Å². The van der Waals surface area contributed by atoms with E-state index < -0.39 is 0 Å². The summed E-state index contributed by atoms with van der Waals surface area (Å²) >= 11 is 0. The Hall–Kier alpha value is -1.06. The molecule has 3 heteroatoms. The van der Waals surface area contributed by atoms with Gasteiger partial charge in [-0.1, -0.05) is 26.0 Å². The van der Waals surface area contributed by atoms with Gasteiger partial charge >= 0.3 is 0 Å². The summed E-state index contributed by atoms with van der Waals surface area (Å²) in [6.45, 7) is 9.02. The topological polar surface area (TPSA) is 30.5 Å². The Kier molecular flexibility index (Phi) is 7.53. The van der Waals surface area contributed by atoms with E-state index in [1.54, 1.807) is 7.11 Å². The van der Waals surface area contributed by atoms with Gasteiger partial charge in [-0.2, -0.15) is 0 Å². The molecule has 0 fully saturated rings. The second-order valence-electron chi connectivity index (χ2n) is 5.30. The molecular formula is C16H27NO2. The predicted molar refractivity (Wildman–Crippen MR) is 79.7 cm³/mol. The van der Waals surface area contributed by atoms with Gasteiger partial charge in [0, 0.05) is 19.8 Å². The van der Waals surface area contributed by atoms with Crippen LogP contribution >= 0.6 is 0 Å². The van der Waals surface area contributed by atoms with Crippen LogP contribution in [0.5, 0.6) is 5.75 Å². The highest BCUT2D eigenvalue weighted by Crippen LogP contribution is 2.19. The van der Waals surface area contributed by atoms with E-state index in [4.69, 9.17) is 9.47 Å². The van der Waals surface area contributed by atoms with Crippen LogP contribution in [-0.2, 0) is 4.74 Å². The molecule has 0 amide bonds. The third-order valence-corrected chi connectivity index (χ3v) is 2.92. The molecule has 0 spiro atoms. The molecule has 108 valence electrons. The lowest BCUT2D eigenvalue weighted by atomic mass is 10.1. The zero-order valence-corrected chi connectivity index (χ0v) is 12.6. The number of ether oxygens (including phenoxy) is 2.